The number of carbonyl (C=O) groups is 3. The highest BCUT2D eigenvalue weighted by molar-refractivity contribution is 5.71. The van der Waals surface area contributed by atoms with Gasteiger partial charge in [0.25, 0.3) is 0 Å². The van der Waals surface area contributed by atoms with Gasteiger partial charge < -0.3 is 14.6 Å². The fourth-order valence-corrected chi connectivity index (χ4v) is 1.63. The molecule has 1 N–H and O–H groups in total. The van der Waals surface area contributed by atoms with E-state index in [2.05, 4.69) is 0 Å². The van der Waals surface area contributed by atoms with Crippen LogP contribution >= 0.6 is 0 Å². The van der Waals surface area contributed by atoms with E-state index in [-0.39, 0.29) is 31.4 Å². The Morgan fingerprint density at radius 1 is 0.800 bits per heavy atom. The van der Waals surface area contributed by atoms with E-state index in [1.807, 2.05) is 0 Å². The first kappa shape index (κ1) is 18.4. The van der Waals surface area contributed by atoms with Gasteiger partial charge >= 0.3 is 17.9 Å². The van der Waals surface area contributed by atoms with Crippen molar-refractivity contribution in [1.82, 2.24) is 0 Å². The van der Waals surface area contributed by atoms with E-state index in [4.69, 9.17) is 14.6 Å². The van der Waals surface area contributed by atoms with Crippen LogP contribution in [0.4, 0.5) is 0 Å². The summed E-state index contributed by atoms with van der Waals surface area (Å²) in [6.07, 6.45) is 4.71. The van der Waals surface area contributed by atoms with Crippen LogP contribution in [0, 0.1) is 0 Å². The molecule has 0 spiro atoms. The van der Waals surface area contributed by atoms with Crippen molar-refractivity contribution in [2.45, 2.75) is 58.3 Å². The molecule has 0 saturated heterocycles. The fourth-order valence-electron chi connectivity index (χ4n) is 1.63. The zero-order chi connectivity index (χ0) is 15.2. The number of carbonyl (C=O) groups excluding carboxylic acids is 2. The normalized spacial score (nSPS) is 10.1. The Labute approximate surface area is 119 Å². The highest BCUT2D eigenvalue weighted by atomic mass is 16.5. The molecular weight excluding hydrogens is 264 g/mol. The van der Waals surface area contributed by atoms with Gasteiger partial charge in [-0.25, -0.2) is 0 Å². The molecule has 0 aromatic heterocycles. The van der Waals surface area contributed by atoms with Crippen molar-refractivity contribution in [3.8, 4) is 0 Å². The van der Waals surface area contributed by atoms with Crippen LogP contribution in [0.25, 0.3) is 0 Å². The van der Waals surface area contributed by atoms with Gasteiger partial charge in [-0.1, -0.05) is 19.3 Å². The van der Waals surface area contributed by atoms with Crippen molar-refractivity contribution in [1.29, 1.82) is 0 Å². The first-order chi connectivity index (χ1) is 9.56. The van der Waals surface area contributed by atoms with Crippen molar-refractivity contribution in [2.24, 2.45) is 0 Å². The molecule has 0 aliphatic rings. The minimum Gasteiger partial charge on any atom is -0.481 e. The molecule has 0 unspecified atom stereocenters. The summed E-state index contributed by atoms with van der Waals surface area (Å²) in [5.41, 5.74) is 0. The van der Waals surface area contributed by atoms with E-state index in [9.17, 15) is 14.4 Å². The Morgan fingerprint density at radius 2 is 1.35 bits per heavy atom. The zero-order valence-corrected chi connectivity index (χ0v) is 12.1. The van der Waals surface area contributed by atoms with Crippen molar-refractivity contribution < 1.29 is 29.0 Å². The molecule has 0 aliphatic heterocycles. The molecular formula is C14H24O6. The van der Waals surface area contributed by atoms with Gasteiger partial charge in [-0.15, -0.1) is 0 Å². The lowest BCUT2D eigenvalue weighted by Crippen LogP contribution is -2.11. The van der Waals surface area contributed by atoms with Crippen LogP contribution in [0.2, 0.25) is 0 Å². The van der Waals surface area contributed by atoms with Gasteiger partial charge in [0, 0.05) is 12.8 Å². The van der Waals surface area contributed by atoms with Gasteiger partial charge in [-0.05, 0) is 19.8 Å². The monoisotopic (exact) mass is 288 g/mol. The van der Waals surface area contributed by atoms with E-state index < -0.39 is 5.97 Å². The summed E-state index contributed by atoms with van der Waals surface area (Å²) in [5, 5.41) is 8.45. The molecule has 0 bridgehead atoms. The van der Waals surface area contributed by atoms with E-state index in [1.54, 1.807) is 6.92 Å². The second-order valence-electron chi connectivity index (χ2n) is 4.44. The summed E-state index contributed by atoms with van der Waals surface area (Å²) in [4.78, 5) is 32.6. The largest absolute Gasteiger partial charge is 0.481 e. The van der Waals surface area contributed by atoms with Crippen molar-refractivity contribution >= 4 is 17.9 Å². The first-order valence-corrected chi connectivity index (χ1v) is 7.09. The third-order valence-corrected chi connectivity index (χ3v) is 2.65. The Kier molecular flexibility index (Phi) is 11.5. The van der Waals surface area contributed by atoms with Crippen molar-refractivity contribution in [3.63, 3.8) is 0 Å². The van der Waals surface area contributed by atoms with E-state index in [1.165, 1.54) is 0 Å². The van der Waals surface area contributed by atoms with Gasteiger partial charge in [-0.3, -0.25) is 14.4 Å². The topological polar surface area (TPSA) is 89.9 Å². The van der Waals surface area contributed by atoms with Gasteiger partial charge in [0.1, 0.15) is 6.61 Å². The Bertz CT molecular complexity index is 300. The maximum atomic E-state index is 11.3. The second-order valence-corrected chi connectivity index (χ2v) is 4.44. The van der Waals surface area contributed by atoms with Crippen molar-refractivity contribution in [2.75, 3.05) is 13.2 Å². The molecule has 20 heavy (non-hydrogen) atoms. The summed E-state index contributed by atoms with van der Waals surface area (Å²) in [5.74, 6) is -1.44. The number of carboxylic acids is 1. The Morgan fingerprint density at radius 3 is 1.95 bits per heavy atom. The molecule has 0 radical (unpaired) electrons. The number of hydrogen-bond acceptors (Lipinski definition) is 5. The predicted octanol–water partition coefficient (Wildman–Crippen LogP) is 2.30. The van der Waals surface area contributed by atoms with Gasteiger partial charge in [-0.2, -0.15) is 0 Å². The maximum absolute atomic E-state index is 11.3. The SMILES string of the molecule is CCOC(=O)CCOC(=O)CCCCCCCC(=O)O. The number of hydrogen-bond donors (Lipinski definition) is 1. The van der Waals surface area contributed by atoms with Crippen LogP contribution in [0.1, 0.15) is 58.3 Å². The van der Waals surface area contributed by atoms with Gasteiger partial charge in [0.2, 0.25) is 0 Å². The molecule has 0 fully saturated rings. The number of unbranched alkanes of at least 4 members (excludes halogenated alkanes) is 4. The summed E-state index contributed by atoms with van der Waals surface area (Å²) < 4.78 is 9.61. The molecule has 0 aromatic carbocycles. The van der Waals surface area contributed by atoms with Crippen molar-refractivity contribution in [3.05, 3.63) is 0 Å². The molecule has 6 nitrogen and oxygen atoms in total. The smallest absolute Gasteiger partial charge is 0.309 e. The number of esters is 2. The number of aliphatic carboxylic acids is 1. The van der Waals surface area contributed by atoms with Crippen LogP contribution in [0.15, 0.2) is 0 Å². The predicted molar refractivity (Wildman–Crippen MR) is 72.2 cm³/mol. The zero-order valence-electron chi connectivity index (χ0n) is 12.1. The summed E-state index contributed by atoms with van der Waals surface area (Å²) in [7, 11) is 0. The third kappa shape index (κ3) is 12.9. The quantitative estimate of drug-likeness (QED) is 0.438. The number of ether oxygens (including phenoxy) is 2. The van der Waals surface area contributed by atoms with Crippen LogP contribution < -0.4 is 0 Å². The third-order valence-electron chi connectivity index (χ3n) is 2.65. The highest BCUT2D eigenvalue weighted by Crippen LogP contribution is 2.07. The molecule has 0 amide bonds. The molecule has 116 valence electrons. The summed E-state index contributed by atoms with van der Waals surface area (Å²) in [6.45, 7) is 2.12. The van der Waals surface area contributed by atoms with Crippen LogP contribution in [-0.4, -0.2) is 36.2 Å². The van der Waals surface area contributed by atoms with E-state index in [0.717, 1.165) is 25.7 Å². The lowest BCUT2D eigenvalue weighted by atomic mass is 10.1. The van der Waals surface area contributed by atoms with Crippen LogP contribution in [0.3, 0.4) is 0 Å². The molecule has 0 saturated carbocycles. The van der Waals surface area contributed by atoms with E-state index >= 15 is 0 Å². The lowest BCUT2D eigenvalue weighted by Gasteiger charge is -2.04. The molecule has 0 atom stereocenters. The molecule has 0 aliphatic carbocycles. The van der Waals surface area contributed by atoms with E-state index in [0.29, 0.717) is 19.4 Å². The fraction of sp³-hybridized carbons (Fsp3) is 0.786. The Balaban J connectivity index is 3.32. The summed E-state index contributed by atoms with van der Waals surface area (Å²) in [6, 6.07) is 0. The average Bonchev–Trinajstić information content (AvgIpc) is 2.37. The first-order valence-electron chi connectivity index (χ1n) is 7.09. The standard InChI is InChI=1S/C14H24O6/c1-2-19-14(18)10-11-20-13(17)9-7-5-3-4-6-8-12(15)16/h2-11H2,1H3,(H,15,16). The molecule has 0 rings (SSSR count). The minimum atomic E-state index is -0.768. The number of carboxylic acid groups (broad SMARTS) is 1. The maximum Gasteiger partial charge on any atom is 0.309 e. The van der Waals surface area contributed by atoms with Crippen LogP contribution in [0.5, 0.6) is 0 Å². The molecule has 0 heterocycles. The Hall–Kier alpha value is -1.59. The molecule has 0 aromatic rings. The molecule has 6 heteroatoms. The highest BCUT2D eigenvalue weighted by Gasteiger charge is 2.06. The number of rotatable bonds is 12. The minimum absolute atomic E-state index is 0.0658. The lowest BCUT2D eigenvalue weighted by molar-refractivity contribution is -0.149. The van der Waals surface area contributed by atoms with Crippen LogP contribution in [-0.2, 0) is 23.9 Å². The second kappa shape index (κ2) is 12.4. The van der Waals surface area contributed by atoms with Gasteiger partial charge in [0.15, 0.2) is 0 Å². The van der Waals surface area contributed by atoms with Gasteiger partial charge in [0.05, 0.1) is 13.0 Å². The summed E-state index contributed by atoms with van der Waals surface area (Å²) >= 11 is 0. The average molecular weight is 288 g/mol.